The summed E-state index contributed by atoms with van der Waals surface area (Å²) in [7, 11) is 0. The topological polar surface area (TPSA) is 45.6 Å². The molecule has 0 aliphatic carbocycles. The molecular weight excluding hydrogens is 246 g/mol. The van der Waals surface area contributed by atoms with Gasteiger partial charge in [-0.15, -0.1) is 0 Å². The van der Waals surface area contributed by atoms with Crippen molar-refractivity contribution >= 4 is 23.5 Å². The first-order chi connectivity index (χ1) is 8.84. The lowest BCUT2D eigenvalue weighted by Crippen LogP contribution is -2.37. The third-order valence-electron chi connectivity index (χ3n) is 2.69. The minimum atomic E-state index is 0.280. The Hall–Kier alpha value is -1.46. The number of rotatable bonds is 4. The molecular formula is C13H17N3OS. The minimum absolute atomic E-state index is 0.280. The summed E-state index contributed by atoms with van der Waals surface area (Å²) in [6.45, 7) is 1.60. The van der Waals surface area contributed by atoms with Gasteiger partial charge in [0.05, 0.1) is 12.3 Å². The highest BCUT2D eigenvalue weighted by atomic mass is 32.1. The van der Waals surface area contributed by atoms with E-state index in [2.05, 4.69) is 15.8 Å². The van der Waals surface area contributed by atoms with E-state index in [0.717, 1.165) is 31.6 Å². The molecule has 1 atom stereocenters. The molecule has 96 valence electrons. The van der Waals surface area contributed by atoms with Gasteiger partial charge in [-0.25, -0.2) is 0 Å². The van der Waals surface area contributed by atoms with Crippen LogP contribution in [0.5, 0.6) is 0 Å². The first-order valence-corrected chi connectivity index (χ1v) is 6.49. The largest absolute Gasteiger partial charge is 0.376 e. The van der Waals surface area contributed by atoms with E-state index in [0.29, 0.717) is 5.11 Å². The standard InChI is InChI=1S/C13H17N3OS/c18-13(14-10-12-7-4-8-17-12)16-15-9-11-5-2-1-3-6-11/h1-3,5-6,9,12H,4,7-8,10H2,(H2,14,16,18)/b15-9-/t12-/m1/s1. The predicted molar refractivity (Wildman–Crippen MR) is 76.7 cm³/mol. The van der Waals surface area contributed by atoms with Gasteiger partial charge in [-0.1, -0.05) is 30.3 Å². The van der Waals surface area contributed by atoms with Crippen molar-refractivity contribution in [3.05, 3.63) is 35.9 Å². The molecule has 0 radical (unpaired) electrons. The second-order valence-corrected chi connectivity index (χ2v) is 4.53. The maximum Gasteiger partial charge on any atom is 0.187 e. The van der Waals surface area contributed by atoms with Crippen molar-refractivity contribution in [1.29, 1.82) is 0 Å². The molecule has 0 saturated carbocycles. The van der Waals surface area contributed by atoms with Crippen molar-refractivity contribution in [3.63, 3.8) is 0 Å². The van der Waals surface area contributed by atoms with Crippen molar-refractivity contribution < 1.29 is 4.74 Å². The maximum atomic E-state index is 5.49. The Morgan fingerprint density at radius 3 is 3.00 bits per heavy atom. The van der Waals surface area contributed by atoms with Crippen LogP contribution in [-0.2, 0) is 4.74 Å². The lowest BCUT2D eigenvalue weighted by atomic mass is 10.2. The Morgan fingerprint density at radius 2 is 2.28 bits per heavy atom. The molecule has 1 heterocycles. The van der Waals surface area contributed by atoms with Gasteiger partial charge < -0.3 is 10.1 Å². The normalized spacial score (nSPS) is 19.0. The summed E-state index contributed by atoms with van der Waals surface area (Å²) in [5.41, 5.74) is 3.82. The molecule has 1 saturated heterocycles. The zero-order valence-electron chi connectivity index (χ0n) is 10.1. The number of benzene rings is 1. The molecule has 0 amide bonds. The van der Waals surface area contributed by atoms with E-state index in [9.17, 15) is 0 Å². The fourth-order valence-corrected chi connectivity index (χ4v) is 1.89. The number of nitrogens with zero attached hydrogens (tertiary/aromatic N) is 1. The zero-order valence-corrected chi connectivity index (χ0v) is 11.0. The van der Waals surface area contributed by atoms with Crippen LogP contribution in [0.2, 0.25) is 0 Å². The summed E-state index contributed by atoms with van der Waals surface area (Å²) in [5.74, 6) is 0. The molecule has 1 aliphatic rings. The third-order valence-corrected chi connectivity index (χ3v) is 2.93. The third kappa shape index (κ3) is 4.43. The van der Waals surface area contributed by atoms with E-state index in [4.69, 9.17) is 17.0 Å². The maximum absolute atomic E-state index is 5.49. The summed E-state index contributed by atoms with van der Waals surface area (Å²) in [6.07, 6.45) is 4.25. The Morgan fingerprint density at radius 1 is 1.44 bits per heavy atom. The quantitative estimate of drug-likeness (QED) is 0.493. The fourth-order valence-electron chi connectivity index (χ4n) is 1.76. The first-order valence-electron chi connectivity index (χ1n) is 6.08. The van der Waals surface area contributed by atoms with Crippen molar-refractivity contribution in [2.24, 2.45) is 5.10 Å². The number of ether oxygens (including phenoxy) is 1. The number of hydrogen-bond donors (Lipinski definition) is 2. The van der Waals surface area contributed by atoms with Gasteiger partial charge in [-0.2, -0.15) is 5.10 Å². The van der Waals surface area contributed by atoms with Crippen LogP contribution in [0.3, 0.4) is 0 Å². The number of nitrogens with one attached hydrogen (secondary N) is 2. The molecule has 1 aromatic carbocycles. The van der Waals surface area contributed by atoms with E-state index in [1.54, 1.807) is 6.21 Å². The molecule has 0 aromatic heterocycles. The molecule has 2 rings (SSSR count). The van der Waals surface area contributed by atoms with Gasteiger partial charge in [0.15, 0.2) is 5.11 Å². The molecule has 0 bridgehead atoms. The SMILES string of the molecule is S=C(NC[C@H]1CCCO1)N/N=C\c1ccccc1. The van der Waals surface area contributed by atoms with Crippen molar-refractivity contribution in [1.82, 2.24) is 10.7 Å². The molecule has 0 spiro atoms. The highest BCUT2D eigenvalue weighted by molar-refractivity contribution is 7.80. The Kier molecular flexibility index (Phi) is 5.11. The molecule has 4 nitrogen and oxygen atoms in total. The highest BCUT2D eigenvalue weighted by Crippen LogP contribution is 2.10. The van der Waals surface area contributed by atoms with Gasteiger partial charge >= 0.3 is 0 Å². The lowest BCUT2D eigenvalue weighted by molar-refractivity contribution is 0.114. The summed E-state index contributed by atoms with van der Waals surface area (Å²) in [6, 6.07) is 9.87. The van der Waals surface area contributed by atoms with Crippen LogP contribution >= 0.6 is 12.2 Å². The second-order valence-electron chi connectivity index (χ2n) is 4.13. The Balaban J connectivity index is 1.66. The summed E-state index contributed by atoms with van der Waals surface area (Å²) in [4.78, 5) is 0. The minimum Gasteiger partial charge on any atom is -0.376 e. The molecule has 18 heavy (non-hydrogen) atoms. The second kappa shape index (κ2) is 7.08. The Labute approximate surface area is 112 Å². The van der Waals surface area contributed by atoms with Gasteiger partial charge in [0.2, 0.25) is 0 Å². The number of hydrogen-bond acceptors (Lipinski definition) is 3. The van der Waals surface area contributed by atoms with Crippen LogP contribution in [0.15, 0.2) is 35.4 Å². The molecule has 0 unspecified atom stereocenters. The van der Waals surface area contributed by atoms with Crippen molar-refractivity contribution in [2.45, 2.75) is 18.9 Å². The molecule has 1 aromatic rings. The average Bonchev–Trinajstić information content (AvgIpc) is 2.91. The van der Waals surface area contributed by atoms with Gasteiger partial charge in [0.25, 0.3) is 0 Å². The smallest absolute Gasteiger partial charge is 0.187 e. The van der Waals surface area contributed by atoms with Gasteiger partial charge in [-0.05, 0) is 30.6 Å². The van der Waals surface area contributed by atoms with E-state index in [-0.39, 0.29) is 6.10 Å². The Bertz CT molecular complexity index is 402. The van der Waals surface area contributed by atoms with Crippen LogP contribution in [-0.4, -0.2) is 30.6 Å². The van der Waals surface area contributed by atoms with Crippen LogP contribution in [0.25, 0.3) is 0 Å². The number of thiocarbonyl (C=S) groups is 1. The van der Waals surface area contributed by atoms with Crippen LogP contribution in [0.4, 0.5) is 0 Å². The van der Waals surface area contributed by atoms with Crippen LogP contribution in [0.1, 0.15) is 18.4 Å². The molecule has 2 N–H and O–H groups in total. The van der Waals surface area contributed by atoms with Gasteiger partial charge in [-0.3, -0.25) is 5.43 Å². The van der Waals surface area contributed by atoms with E-state index in [1.807, 2.05) is 30.3 Å². The number of hydrazone groups is 1. The molecule has 5 heteroatoms. The average molecular weight is 263 g/mol. The first kappa shape index (κ1) is 13.0. The molecule has 1 aliphatic heterocycles. The van der Waals surface area contributed by atoms with Crippen molar-refractivity contribution in [3.8, 4) is 0 Å². The van der Waals surface area contributed by atoms with Crippen molar-refractivity contribution in [2.75, 3.05) is 13.2 Å². The summed E-state index contributed by atoms with van der Waals surface area (Å²) < 4.78 is 5.49. The van der Waals surface area contributed by atoms with E-state index < -0.39 is 0 Å². The lowest BCUT2D eigenvalue weighted by Gasteiger charge is -2.11. The van der Waals surface area contributed by atoms with Crippen LogP contribution < -0.4 is 10.7 Å². The van der Waals surface area contributed by atoms with Crippen LogP contribution in [0, 0.1) is 0 Å². The highest BCUT2D eigenvalue weighted by Gasteiger charge is 2.14. The van der Waals surface area contributed by atoms with Gasteiger partial charge in [0, 0.05) is 13.2 Å². The summed E-state index contributed by atoms with van der Waals surface area (Å²) >= 11 is 5.11. The fraction of sp³-hybridized carbons (Fsp3) is 0.385. The predicted octanol–water partition coefficient (Wildman–Crippen LogP) is 1.66. The van der Waals surface area contributed by atoms with Gasteiger partial charge in [0.1, 0.15) is 0 Å². The molecule has 1 fully saturated rings. The summed E-state index contributed by atoms with van der Waals surface area (Å²) in [5, 5.41) is 7.69. The van der Waals surface area contributed by atoms with E-state index >= 15 is 0 Å². The monoisotopic (exact) mass is 263 g/mol. The zero-order chi connectivity index (χ0) is 12.6. The van der Waals surface area contributed by atoms with E-state index in [1.165, 1.54) is 0 Å².